The van der Waals surface area contributed by atoms with E-state index in [1.54, 1.807) is 52.7 Å². The maximum absolute atomic E-state index is 12.5. The van der Waals surface area contributed by atoms with E-state index in [2.05, 4.69) is 0 Å². The minimum absolute atomic E-state index is 0.251. The summed E-state index contributed by atoms with van der Waals surface area (Å²) in [6.45, 7) is 9.79. The van der Waals surface area contributed by atoms with Gasteiger partial charge in [0.25, 0.3) is 0 Å². The van der Waals surface area contributed by atoms with Crippen LogP contribution in [0.5, 0.6) is 69.0 Å². The van der Waals surface area contributed by atoms with Crippen molar-refractivity contribution >= 4 is 0 Å². The first-order valence-corrected chi connectivity index (χ1v) is 38.4. The van der Waals surface area contributed by atoms with Crippen molar-refractivity contribution in [3.63, 3.8) is 0 Å². The van der Waals surface area contributed by atoms with E-state index >= 15 is 0 Å². The van der Waals surface area contributed by atoms with Crippen LogP contribution in [-0.2, 0) is 82.5 Å². The molecule has 9 rings (SSSR count). The number of rotatable bonds is 52. The van der Waals surface area contributed by atoms with Crippen LogP contribution in [0, 0.1) is 0 Å². The summed E-state index contributed by atoms with van der Waals surface area (Å²) in [7, 11) is 6.47. The van der Waals surface area contributed by atoms with Gasteiger partial charge in [-0.1, -0.05) is 48.5 Å². The monoisotopic (exact) mass is 1550 g/mol. The highest BCUT2D eigenvalue weighted by atomic mass is 16.6. The van der Waals surface area contributed by atoms with E-state index in [4.69, 9.17) is 75.8 Å². The van der Waals surface area contributed by atoms with Crippen molar-refractivity contribution in [1.29, 1.82) is 0 Å². The van der Waals surface area contributed by atoms with Crippen molar-refractivity contribution < 1.29 is 117 Å². The Morgan fingerprint density at radius 1 is 0.196 bits per heavy atom. The van der Waals surface area contributed by atoms with E-state index in [1.165, 1.54) is 24.3 Å². The molecule has 0 spiro atoms. The summed E-state index contributed by atoms with van der Waals surface area (Å²) in [6.07, 6.45) is 2.54. The minimum Gasteiger partial charge on any atom is -0.508 e. The number of methoxy groups -OCH3 is 4. The Labute approximate surface area is 657 Å². The third-order valence-electron chi connectivity index (χ3n) is 19.5. The second kappa shape index (κ2) is 48.1. The average molecular weight is 1550 g/mol. The Hall–Kier alpha value is -9.12. The number of aromatic hydroxyl groups is 8. The summed E-state index contributed by atoms with van der Waals surface area (Å²) in [5.74, 6) is -3.29. The molecule has 0 saturated heterocycles. The molecule has 24 nitrogen and oxygen atoms in total. The van der Waals surface area contributed by atoms with Gasteiger partial charge in [-0.05, 0) is 146 Å². The molecule has 8 aromatic rings. The maximum Gasteiger partial charge on any atom is 0.123 e. The van der Waals surface area contributed by atoms with Gasteiger partial charge in [0.2, 0.25) is 0 Å². The number of hydrogen-bond acceptors (Lipinski definition) is 24. The molecule has 1 aliphatic rings. The molecule has 1 aliphatic carbocycles. The fourth-order valence-electron chi connectivity index (χ4n) is 13.6. The molecule has 0 fully saturated rings. The van der Waals surface area contributed by atoms with Gasteiger partial charge in [-0.3, -0.25) is 0 Å². The van der Waals surface area contributed by atoms with Crippen LogP contribution in [0.3, 0.4) is 0 Å². The SMILES string of the molecule is COCCOCCOCCOc1ccc(CCC2c3cc(c(O)cc3O)C(CCc3ccc(OCCOCCOCCOC)cc3)c3cc(c(O)cc3O)C(CCc3ccc(OCCOCCOCCOC)cc3)c3cc(c(O)cc3O)C(CCc3ccc(OCCOCCOCCOC)cc3)c3cc2c(O)cc3O)cc1. The Balaban J connectivity index is 1.10. The quantitative estimate of drug-likeness (QED) is 0.0164. The van der Waals surface area contributed by atoms with Crippen molar-refractivity contribution in [3.8, 4) is 69.0 Å². The molecule has 0 aliphatic heterocycles. The van der Waals surface area contributed by atoms with Crippen molar-refractivity contribution in [3.05, 3.63) is 212 Å². The first-order valence-electron chi connectivity index (χ1n) is 38.4. The summed E-state index contributed by atoms with van der Waals surface area (Å²) in [5.41, 5.74) is 6.10. The Morgan fingerprint density at radius 2 is 0.348 bits per heavy atom. The predicted octanol–water partition coefficient (Wildman–Crippen LogP) is 12.9. The molecule has 0 atom stereocenters. The molecule has 24 heteroatoms. The van der Waals surface area contributed by atoms with Crippen LogP contribution in [0.1, 0.15) is 116 Å². The molecular weight excluding hydrogens is 1440 g/mol. The predicted molar refractivity (Wildman–Crippen MR) is 422 cm³/mol. The summed E-state index contributed by atoms with van der Waals surface area (Å²) in [6, 6.07) is 42.5. The van der Waals surface area contributed by atoms with Crippen LogP contribution < -0.4 is 18.9 Å². The van der Waals surface area contributed by atoms with Crippen LogP contribution in [0.4, 0.5) is 0 Å². The number of hydrogen-bond donors (Lipinski definition) is 8. The summed E-state index contributed by atoms with van der Waals surface area (Å²) < 4.78 is 89.2. The van der Waals surface area contributed by atoms with Crippen molar-refractivity contribution in [1.82, 2.24) is 0 Å². The molecule has 0 amide bonds. The molecule has 8 N–H and O–H groups in total. The van der Waals surface area contributed by atoms with Gasteiger partial charge < -0.3 is 117 Å². The lowest BCUT2D eigenvalue weighted by molar-refractivity contribution is 0.0180. The zero-order chi connectivity index (χ0) is 79.1. The number of phenolic OH excluding ortho intramolecular Hbond substituents is 8. The summed E-state index contributed by atoms with van der Waals surface area (Å²) >= 11 is 0. The van der Waals surface area contributed by atoms with Crippen molar-refractivity contribution in [2.75, 3.05) is 187 Å². The molecule has 8 aromatic carbocycles. The fourth-order valence-corrected chi connectivity index (χ4v) is 13.6. The lowest BCUT2D eigenvalue weighted by atomic mass is 9.76. The van der Waals surface area contributed by atoms with Crippen LogP contribution in [0.25, 0.3) is 0 Å². The molecular formula is C88H112O24. The number of fused-ring (bicyclic) bond motifs is 8. The topological polar surface area (TPSA) is 310 Å². The van der Waals surface area contributed by atoms with E-state index in [1.807, 2.05) is 97.1 Å². The average Bonchev–Trinajstić information content (AvgIpc) is 0.754. The van der Waals surface area contributed by atoms with Gasteiger partial charge in [-0.25, -0.2) is 0 Å². The second-order valence-electron chi connectivity index (χ2n) is 27.1. The highest BCUT2D eigenvalue weighted by Gasteiger charge is 2.34. The van der Waals surface area contributed by atoms with Gasteiger partial charge in [0, 0.05) is 121 Å². The summed E-state index contributed by atoms with van der Waals surface area (Å²) in [4.78, 5) is 0. The highest BCUT2D eigenvalue weighted by Crippen LogP contribution is 2.53. The minimum atomic E-state index is -0.868. The largest absolute Gasteiger partial charge is 0.508 e. The Bertz CT molecular complexity index is 3390. The first-order chi connectivity index (χ1) is 54.7. The molecule has 0 saturated carbocycles. The number of ether oxygens (including phenoxy) is 16. The van der Waals surface area contributed by atoms with Gasteiger partial charge in [-0.15, -0.1) is 0 Å². The van der Waals surface area contributed by atoms with E-state index in [0.717, 1.165) is 22.3 Å². The van der Waals surface area contributed by atoms with Crippen LogP contribution in [-0.4, -0.2) is 228 Å². The number of benzene rings is 8. The lowest BCUT2D eigenvalue weighted by Gasteiger charge is -2.29. The third-order valence-corrected chi connectivity index (χ3v) is 19.5. The summed E-state index contributed by atoms with van der Waals surface area (Å²) in [5, 5.41) is 100. The molecule has 112 heavy (non-hydrogen) atoms. The van der Waals surface area contributed by atoms with Crippen LogP contribution in [0.15, 0.2) is 146 Å². The molecule has 0 unspecified atom stereocenters. The fraction of sp³-hybridized carbons (Fsp3) is 0.455. The van der Waals surface area contributed by atoms with Gasteiger partial charge in [0.1, 0.15) is 95.4 Å². The maximum atomic E-state index is 12.5. The van der Waals surface area contributed by atoms with Crippen molar-refractivity contribution in [2.45, 2.75) is 75.0 Å². The Morgan fingerprint density at radius 3 is 0.509 bits per heavy atom. The van der Waals surface area contributed by atoms with Crippen molar-refractivity contribution in [2.24, 2.45) is 0 Å². The molecule has 0 aromatic heterocycles. The van der Waals surface area contributed by atoms with Gasteiger partial charge in [-0.2, -0.15) is 0 Å². The molecule has 8 bridgehead atoms. The number of phenols is 8. The standard InChI is InChI=1S/C88H112O24/c1-97-29-33-101-37-41-105-45-49-109-65-17-5-61(6-18-65)13-25-69-73-53-75(83(91)57-81(73)89)70(26-14-62-7-19-66(20-8-62)110-50-46-106-42-38-102-34-30-98-2)77-55-79(87(95)59-85(77)93)72(28-16-64-11-23-68(24-12-64)112-52-48-108-44-40-104-36-32-100-4)80-56-78(86(94)60-88(80)96)71(76-54-74(69)82(90)58-84(76)92)27-15-63-9-21-67(22-10-63)111-51-47-107-43-39-103-35-31-99-3/h5-12,17-24,53-60,69-72,89-96H,13-16,25-52H2,1-4H3. The highest BCUT2D eigenvalue weighted by molar-refractivity contribution is 5.62. The normalized spacial score (nSPS) is 14.7. The molecule has 608 valence electrons. The van der Waals surface area contributed by atoms with Crippen LogP contribution >= 0.6 is 0 Å². The van der Waals surface area contributed by atoms with E-state index in [-0.39, 0.29) is 71.7 Å². The first kappa shape index (κ1) is 86.9. The van der Waals surface area contributed by atoms with E-state index in [0.29, 0.717) is 252 Å². The zero-order valence-electron chi connectivity index (χ0n) is 64.9. The third kappa shape index (κ3) is 27.6. The van der Waals surface area contributed by atoms with Gasteiger partial charge in [0.05, 0.1) is 132 Å². The van der Waals surface area contributed by atoms with E-state index in [9.17, 15) is 40.9 Å². The molecule has 0 radical (unpaired) electrons. The lowest BCUT2D eigenvalue weighted by Crippen LogP contribution is -2.13. The zero-order valence-corrected chi connectivity index (χ0v) is 64.9. The van der Waals surface area contributed by atoms with Crippen LogP contribution in [0.2, 0.25) is 0 Å². The smallest absolute Gasteiger partial charge is 0.123 e. The molecule has 0 heterocycles. The van der Waals surface area contributed by atoms with Gasteiger partial charge in [0.15, 0.2) is 0 Å². The number of aryl methyl sites for hydroxylation is 4. The second-order valence-corrected chi connectivity index (χ2v) is 27.1. The van der Waals surface area contributed by atoms with E-state index < -0.39 is 23.7 Å². The van der Waals surface area contributed by atoms with Gasteiger partial charge >= 0.3 is 0 Å². The Kier molecular flexibility index (Phi) is 37.3.